The van der Waals surface area contributed by atoms with Gasteiger partial charge < -0.3 is 5.11 Å². The molecule has 7 heteroatoms. The molecule has 5 nitrogen and oxygen atoms in total. The summed E-state index contributed by atoms with van der Waals surface area (Å²) in [6.07, 6.45) is 2.97. The summed E-state index contributed by atoms with van der Waals surface area (Å²) in [5, 5.41) is 8.91. The Morgan fingerprint density at radius 3 is 2.45 bits per heavy atom. The maximum absolute atomic E-state index is 12.3. The van der Waals surface area contributed by atoms with Crippen LogP contribution in [0.25, 0.3) is 0 Å². The van der Waals surface area contributed by atoms with E-state index in [0.29, 0.717) is 5.56 Å². The lowest BCUT2D eigenvalue weighted by molar-refractivity contribution is 0.0696. The van der Waals surface area contributed by atoms with Crippen molar-refractivity contribution < 1.29 is 18.3 Å². The second-order valence-corrected chi connectivity index (χ2v) is 6.43. The third-order valence-electron chi connectivity index (χ3n) is 2.62. The van der Waals surface area contributed by atoms with E-state index < -0.39 is 15.8 Å². The molecule has 104 valence electrons. The van der Waals surface area contributed by atoms with Crippen molar-refractivity contribution >= 4 is 27.4 Å². The van der Waals surface area contributed by atoms with E-state index in [1.807, 2.05) is 0 Å². The van der Waals surface area contributed by atoms with Gasteiger partial charge in [-0.05, 0) is 35.9 Å². The molecule has 0 aliphatic rings. The van der Waals surface area contributed by atoms with E-state index in [0.717, 1.165) is 6.07 Å². The zero-order valence-corrected chi connectivity index (χ0v) is 11.7. The molecule has 1 aromatic heterocycles. The first-order valence-electron chi connectivity index (χ1n) is 5.54. The number of nitrogens with zero attached hydrogens (tertiary/aromatic N) is 1. The molecule has 0 amide bonds. The van der Waals surface area contributed by atoms with Gasteiger partial charge in [-0.3, -0.25) is 4.98 Å². The number of aromatic carboxylic acids is 1. The highest BCUT2D eigenvalue weighted by molar-refractivity contribution is 7.90. The van der Waals surface area contributed by atoms with Gasteiger partial charge in [0.25, 0.3) is 0 Å². The fraction of sp³-hybridized carbons (Fsp3) is 0.0769. The second-order valence-electron chi connectivity index (χ2n) is 4.06. The Morgan fingerprint density at radius 2 is 1.85 bits per heavy atom. The summed E-state index contributed by atoms with van der Waals surface area (Å²) in [4.78, 5) is 14.5. The van der Waals surface area contributed by atoms with Gasteiger partial charge in [0.1, 0.15) is 0 Å². The fourth-order valence-electron chi connectivity index (χ4n) is 1.65. The van der Waals surface area contributed by atoms with Crippen LogP contribution in [0.5, 0.6) is 0 Å². The number of halogens is 1. The molecule has 0 atom stereocenters. The highest BCUT2D eigenvalue weighted by atomic mass is 35.5. The molecule has 0 aliphatic heterocycles. The number of carbonyl (C=O) groups is 1. The van der Waals surface area contributed by atoms with E-state index in [4.69, 9.17) is 16.7 Å². The number of carboxylic acids is 1. The van der Waals surface area contributed by atoms with Gasteiger partial charge in [-0.15, -0.1) is 0 Å². The van der Waals surface area contributed by atoms with E-state index in [2.05, 4.69) is 4.98 Å². The van der Waals surface area contributed by atoms with Crippen molar-refractivity contribution in [1.29, 1.82) is 0 Å². The van der Waals surface area contributed by atoms with Crippen molar-refractivity contribution in [3.63, 3.8) is 0 Å². The van der Waals surface area contributed by atoms with Crippen LogP contribution in [0.2, 0.25) is 5.02 Å². The van der Waals surface area contributed by atoms with Crippen LogP contribution in [0.1, 0.15) is 15.9 Å². The predicted octanol–water partition coefficient (Wildman–Crippen LogP) is 2.41. The summed E-state index contributed by atoms with van der Waals surface area (Å²) in [6.45, 7) is 0. The standard InChI is InChI=1S/C13H10ClNO4S/c14-11-2-1-10(13(16)17)7-12(11)20(18,19)8-9-3-5-15-6-4-9/h1-7H,8H2,(H,16,17). The first-order valence-corrected chi connectivity index (χ1v) is 7.58. The summed E-state index contributed by atoms with van der Waals surface area (Å²) >= 11 is 5.87. The van der Waals surface area contributed by atoms with Gasteiger partial charge in [0.15, 0.2) is 9.84 Å². The Kier molecular flexibility index (Phi) is 4.06. The second kappa shape index (κ2) is 5.60. The molecule has 0 saturated heterocycles. The molecular formula is C13H10ClNO4S. The molecule has 2 aromatic rings. The Bertz CT molecular complexity index is 744. The van der Waals surface area contributed by atoms with E-state index in [1.54, 1.807) is 12.1 Å². The van der Waals surface area contributed by atoms with E-state index in [9.17, 15) is 13.2 Å². The maximum Gasteiger partial charge on any atom is 0.335 e. The Labute approximate surface area is 120 Å². The number of benzene rings is 1. The average Bonchev–Trinajstić information content (AvgIpc) is 2.39. The lowest BCUT2D eigenvalue weighted by Crippen LogP contribution is -2.07. The molecule has 1 aromatic carbocycles. The minimum atomic E-state index is -3.72. The van der Waals surface area contributed by atoms with Gasteiger partial charge in [0.05, 0.1) is 21.2 Å². The fourth-order valence-corrected chi connectivity index (χ4v) is 3.58. The molecule has 20 heavy (non-hydrogen) atoms. The molecule has 1 heterocycles. The molecule has 0 radical (unpaired) electrons. The van der Waals surface area contributed by atoms with Gasteiger partial charge >= 0.3 is 5.97 Å². The summed E-state index contributed by atoms with van der Waals surface area (Å²) in [5.74, 6) is -1.47. The van der Waals surface area contributed by atoms with Gasteiger partial charge in [-0.2, -0.15) is 0 Å². The molecule has 1 N–H and O–H groups in total. The number of hydrogen-bond acceptors (Lipinski definition) is 4. The van der Waals surface area contributed by atoms with Crippen molar-refractivity contribution in [2.45, 2.75) is 10.6 Å². The number of hydrogen-bond donors (Lipinski definition) is 1. The molecule has 0 unspecified atom stereocenters. The Balaban J connectivity index is 2.44. The SMILES string of the molecule is O=C(O)c1ccc(Cl)c(S(=O)(=O)Cc2ccncc2)c1. The monoisotopic (exact) mass is 311 g/mol. The number of rotatable bonds is 4. The largest absolute Gasteiger partial charge is 0.478 e. The van der Waals surface area contributed by atoms with Gasteiger partial charge in [-0.1, -0.05) is 11.6 Å². The van der Waals surface area contributed by atoms with Gasteiger partial charge in [0, 0.05) is 12.4 Å². The molecule has 0 fully saturated rings. The van der Waals surface area contributed by atoms with Crippen molar-refractivity contribution in [3.8, 4) is 0 Å². The van der Waals surface area contributed by atoms with Crippen molar-refractivity contribution in [1.82, 2.24) is 4.98 Å². The summed E-state index contributed by atoms with van der Waals surface area (Å²) in [6, 6.07) is 6.75. The topological polar surface area (TPSA) is 84.3 Å². The normalized spacial score (nSPS) is 11.2. The van der Waals surface area contributed by atoms with E-state index in [1.165, 1.54) is 24.5 Å². The van der Waals surface area contributed by atoms with Gasteiger partial charge in [-0.25, -0.2) is 13.2 Å². The molecule has 2 rings (SSSR count). The van der Waals surface area contributed by atoms with Crippen LogP contribution in [0, 0.1) is 0 Å². The number of carboxylic acid groups (broad SMARTS) is 1. The number of pyridine rings is 1. The van der Waals surface area contributed by atoms with Crippen LogP contribution in [0.3, 0.4) is 0 Å². The van der Waals surface area contributed by atoms with E-state index >= 15 is 0 Å². The van der Waals surface area contributed by atoms with Crippen molar-refractivity contribution in [3.05, 3.63) is 58.9 Å². The van der Waals surface area contributed by atoms with Crippen LogP contribution in [-0.2, 0) is 15.6 Å². The summed E-state index contributed by atoms with van der Waals surface area (Å²) in [5.41, 5.74) is 0.430. The molecule has 0 bridgehead atoms. The Morgan fingerprint density at radius 1 is 1.20 bits per heavy atom. The van der Waals surface area contributed by atoms with Crippen LogP contribution < -0.4 is 0 Å². The molecular weight excluding hydrogens is 302 g/mol. The zero-order valence-electron chi connectivity index (χ0n) is 10.2. The lowest BCUT2D eigenvalue weighted by Gasteiger charge is -2.07. The summed E-state index contributed by atoms with van der Waals surface area (Å²) < 4.78 is 24.6. The predicted molar refractivity (Wildman–Crippen MR) is 73.5 cm³/mol. The van der Waals surface area contributed by atoms with Crippen molar-refractivity contribution in [2.24, 2.45) is 0 Å². The third-order valence-corrected chi connectivity index (χ3v) is 4.78. The summed E-state index contributed by atoms with van der Waals surface area (Å²) in [7, 11) is -3.72. The first-order chi connectivity index (χ1) is 9.40. The van der Waals surface area contributed by atoms with Crippen LogP contribution in [-0.4, -0.2) is 24.5 Å². The number of aromatic nitrogens is 1. The van der Waals surface area contributed by atoms with Gasteiger partial charge in [0.2, 0.25) is 0 Å². The lowest BCUT2D eigenvalue weighted by atomic mass is 10.2. The van der Waals surface area contributed by atoms with Crippen LogP contribution in [0.15, 0.2) is 47.6 Å². The van der Waals surface area contributed by atoms with E-state index in [-0.39, 0.29) is 21.2 Å². The zero-order chi connectivity index (χ0) is 14.8. The van der Waals surface area contributed by atoms with Crippen LogP contribution >= 0.6 is 11.6 Å². The number of sulfone groups is 1. The van der Waals surface area contributed by atoms with Crippen LogP contribution in [0.4, 0.5) is 0 Å². The Hall–Kier alpha value is -1.92. The average molecular weight is 312 g/mol. The first kappa shape index (κ1) is 14.5. The quantitative estimate of drug-likeness (QED) is 0.937. The molecule has 0 aliphatic carbocycles. The highest BCUT2D eigenvalue weighted by Gasteiger charge is 2.20. The molecule has 0 saturated carbocycles. The smallest absolute Gasteiger partial charge is 0.335 e. The minimum absolute atomic E-state index is 0.00376. The maximum atomic E-state index is 12.3. The minimum Gasteiger partial charge on any atom is -0.478 e. The van der Waals surface area contributed by atoms with Crippen molar-refractivity contribution in [2.75, 3.05) is 0 Å². The highest BCUT2D eigenvalue weighted by Crippen LogP contribution is 2.26. The third kappa shape index (κ3) is 3.15. The molecule has 0 spiro atoms.